The Kier molecular flexibility index (Phi) is 41.0. The molecule has 0 aliphatic heterocycles. The number of esters is 1. The summed E-state index contributed by atoms with van der Waals surface area (Å²) < 4.78 is 5.06. The Labute approximate surface area is 204 Å². The molecule has 0 aliphatic carbocycles. The van der Waals surface area contributed by atoms with Gasteiger partial charge in [-0.2, -0.15) is 0 Å². The Morgan fingerprint density at radius 2 is 1.16 bits per heavy atom. The number of ether oxygens (including phenoxy) is 1. The summed E-state index contributed by atoms with van der Waals surface area (Å²) in [6.45, 7) is 9.52. The summed E-state index contributed by atoms with van der Waals surface area (Å²) in [5.74, 6) is -0.354. The predicted octanol–water partition coefficient (Wildman–Crippen LogP) is 4.47. The Bertz CT molecular complexity index is 437. The maximum atomic E-state index is 11.6. The third kappa shape index (κ3) is 29.2. The summed E-state index contributed by atoms with van der Waals surface area (Å²) in [6, 6.07) is 6.93. The Morgan fingerprint density at radius 1 is 0.742 bits per heavy atom. The molecule has 0 spiro atoms. The fraction of sp³-hybridized carbons (Fsp3) is 0.708. The average Bonchev–Trinajstić information content (AvgIpc) is 2.77. The number of aliphatic hydroxyl groups excluding tert-OH is 4. The van der Waals surface area contributed by atoms with E-state index in [1.165, 1.54) is 0 Å². The van der Waals surface area contributed by atoms with Crippen molar-refractivity contribution in [1.82, 2.24) is 0 Å². The molecule has 1 aromatic carbocycles. The summed E-state index contributed by atoms with van der Waals surface area (Å²) in [5, 5.41) is 33.2. The fourth-order valence-corrected chi connectivity index (χ4v) is 1.72. The molecule has 0 aliphatic rings. The molecule has 4 N–H and O–H groups in total. The van der Waals surface area contributed by atoms with Crippen molar-refractivity contribution in [2.75, 3.05) is 26.4 Å². The number of aliphatic hydroxyl groups is 4. The van der Waals surface area contributed by atoms with Gasteiger partial charge in [0.1, 0.15) is 0 Å². The van der Waals surface area contributed by atoms with Gasteiger partial charge in [0, 0.05) is 41.5 Å². The van der Waals surface area contributed by atoms with Crippen LogP contribution in [0.1, 0.15) is 95.0 Å². The summed E-state index contributed by atoms with van der Waals surface area (Å²) in [6.07, 6.45) is 7.98. The van der Waals surface area contributed by atoms with Gasteiger partial charge in [-0.15, -0.1) is 0 Å². The van der Waals surface area contributed by atoms with Crippen LogP contribution in [0.25, 0.3) is 0 Å². The standard InChI is InChI=1S/C12H16O3.3C4H10O.Ti/c1-2-3-8-15-12(14)11-7-5-4-6-10(11)9-13;3*1-2-3-4-5;/h4-7,13H,2-3,8-9H2,1H3;3*5H,2-4H2,1H3;. The van der Waals surface area contributed by atoms with E-state index < -0.39 is 0 Å². The first-order valence-corrected chi connectivity index (χ1v) is 11.2. The summed E-state index contributed by atoms with van der Waals surface area (Å²) in [4.78, 5) is 11.6. The van der Waals surface area contributed by atoms with E-state index in [0.29, 0.717) is 37.6 Å². The molecule has 0 unspecified atom stereocenters. The quantitative estimate of drug-likeness (QED) is 0.212. The van der Waals surface area contributed by atoms with E-state index in [-0.39, 0.29) is 34.3 Å². The van der Waals surface area contributed by atoms with Crippen molar-refractivity contribution in [2.45, 2.75) is 85.7 Å². The number of carbonyl (C=O) groups is 1. The van der Waals surface area contributed by atoms with Crippen molar-refractivity contribution in [3.63, 3.8) is 0 Å². The molecule has 0 saturated heterocycles. The molecule has 0 heterocycles. The number of rotatable bonds is 11. The van der Waals surface area contributed by atoms with Crippen LogP contribution in [0, 0.1) is 0 Å². The SMILES string of the molecule is CCCCO.CCCCO.CCCCO.CCCCOC(=O)c1ccccc1CO.[Ti]. The zero-order chi connectivity index (χ0) is 23.5. The molecule has 0 radical (unpaired) electrons. The van der Waals surface area contributed by atoms with Crippen LogP contribution in [0.15, 0.2) is 24.3 Å². The van der Waals surface area contributed by atoms with Crippen molar-refractivity contribution >= 4 is 5.97 Å². The number of hydrogen-bond acceptors (Lipinski definition) is 6. The van der Waals surface area contributed by atoms with Crippen LogP contribution in [0.4, 0.5) is 0 Å². The maximum Gasteiger partial charge on any atom is 0.338 e. The second-order valence-electron chi connectivity index (χ2n) is 6.54. The van der Waals surface area contributed by atoms with E-state index in [0.717, 1.165) is 51.4 Å². The topological polar surface area (TPSA) is 107 Å². The van der Waals surface area contributed by atoms with Gasteiger partial charge < -0.3 is 25.2 Å². The molecule has 0 saturated carbocycles. The third-order valence-electron chi connectivity index (χ3n) is 3.67. The van der Waals surface area contributed by atoms with Gasteiger partial charge >= 0.3 is 5.97 Å². The zero-order valence-electron chi connectivity index (χ0n) is 20.1. The van der Waals surface area contributed by atoms with Crippen LogP contribution in [-0.4, -0.2) is 52.8 Å². The molecule has 7 heteroatoms. The van der Waals surface area contributed by atoms with Gasteiger partial charge in [0.15, 0.2) is 0 Å². The minimum atomic E-state index is -0.354. The van der Waals surface area contributed by atoms with Crippen LogP contribution >= 0.6 is 0 Å². The minimum Gasteiger partial charge on any atom is -0.462 e. The molecule has 31 heavy (non-hydrogen) atoms. The Balaban J connectivity index is -0.000000189. The van der Waals surface area contributed by atoms with Crippen LogP contribution < -0.4 is 0 Å². The molecule has 0 amide bonds. The van der Waals surface area contributed by atoms with Crippen LogP contribution in [0.2, 0.25) is 0 Å². The number of carbonyl (C=O) groups excluding carboxylic acids is 1. The van der Waals surface area contributed by atoms with Crippen LogP contribution in [0.5, 0.6) is 0 Å². The van der Waals surface area contributed by atoms with E-state index in [1.807, 2.05) is 6.92 Å². The van der Waals surface area contributed by atoms with Gasteiger partial charge in [-0.3, -0.25) is 0 Å². The van der Waals surface area contributed by atoms with E-state index in [1.54, 1.807) is 24.3 Å². The van der Waals surface area contributed by atoms with Gasteiger partial charge in [0.2, 0.25) is 0 Å². The van der Waals surface area contributed by atoms with Crippen molar-refractivity contribution < 1.29 is 51.7 Å². The van der Waals surface area contributed by atoms with Crippen LogP contribution in [0.3, 0.4) is 0 Å². The van der Waals surface area contributed by atoms with Crippen molar-refractivity contribution in [1.29, 1.82) is 0 Å². The van der Waals surface area contributed by atoms with Gasteiger partial charge in [-0.25, -0.2) is 4.79 Å². The number of benzene rings is 1. The fourth-order valence-electron chi connectivity index (χ4n) is 1.72. The van der Waals surface area contributed by atoms with E-state index >= 15 is 0 Å². The first-order valence-electron chi connectivity index (χ1n) is 11.2. The Morgan fingerprint density at radius 3 is 1.48 bits per heavy atom. The normalized spacial score (nSPS) is 8.90. The van der Waals surface area contributed by atoms with Gasteiger partial charge in [0.05, 0.1) is 18.8 Å². The van der Waals surface area contributed by atoms with Gasteiger partial charge in [-0.1, -0.05) is 71.6 Å². The first kappa shape index (κ1) is 37.6. The van der Waals surface area contributed by atoms with Crippen LogP contribution in [-0.2, 0) is 33.1 Å². The van der Waals surface area contributed by atoms with Gasteiger partial charge in [-0.05, 0) is 37.3 Å². The first-order chi connectivity index (χ1) is 14.5. The molecule has 182 valence electrons. The Hall–Kier alpha value is -0.756. The van der Waals surface area contributed by atoms with Crippen molar-refractivity contribution in [3.05, 3.63) is 35.4 Å². The summed E-state index contributed by atoms with van der Waals surface area (Å²) in [5.41, 5.74) is 1.06. The van der Waals surface area contributed by atoms with E-state index in [9.17, 15) is 4.79 Å². The second kappa shape index (κ2) is 33.9. The molecule has 0 aromatic heterocycles. The monoisotopic (exact) mass is 478 g/mol. The molecule has 0 bridgehead atoms. The molecule has 1 aromatic rings. The minimum absolute atomic E-state index is 0. The second-order valence-corrected chi connectivity index (χ2v) is 6.54. The number of hydrogen-bond donors (Lipinski definition) is 4. The molecule has 0 fully saturated rings. The largest absolute Gasteiger partial charge is 0.462 e. The summed E-state index contributed by atoms with van der Waals surface area (Å²) in [7, 11) is 0. The summed E-state index contributed by atoms with van der Waals surface area (Å²) >= 11 is 0. The van der Waals surface area contributed by atoms with Crippen molar-refractivity contribution in [2.24, 2.45) is 0 Å². The zero-order valence-corrected chi connectivity index (χ0v) is 21.7. The molecule has 6 nitrogen and oxygen atoms in total. The van der Waals surface area contributed by atoms with Crippen molar-refractivity contribution in [3.8, 4) is 0 Å². The van der Waals surface area contributed by atoms with E-state index in [2.05, 4.69) is 20.8 Å². The number of unbranched alkanes of at least 4 members (excludes halogenated alkanes) is 4. The molecule has 0 atom stereocenters. The van der Waals surface area contributed by atoms with Gasteiger partial charge in [0.25, 0.3) is 0 Å². The maximum absolute atomic E-state index is 11.6. The smallest absolute Gasteiger partial charge is 0.338 e. The van der Waals surface area contributed by atoms with E-state index in [4.69, 9.17) is 25.2 Å². The predicted molar refractivity (Wildman–Crippen MR) is 124 cm³/mol. The molecular formula is C24H46O6Ti. The third-order valence-corrected chi connectivity index (χ3v) is 3.67. The molecular weight excluding hydrogens is 432 g/mol. The molecule has 1 rings (SSSR count). The average molecular weight is 478 g/mol.